The highest BCUT2D eigenvalue weighted by molar-refractivity contribution is 7.15. The number of rotatable bonds is 3. The first kappa shape index (κ1) is 12.0. The molecule has 0 spiro atoms. The van der Waals surface area contributed by atoms with Crippen molar-refractivity contribution in [1.29, 1.82) is 0 Å². The Morgan fingerprint density at radius 2 is 2.29 bits per heavy atom. The zero-order valence-electron chi connectivity index (χ0n) is 10.7. The average molecular weight is 299 g/mol. The summed E-state index contributed by atoms with van der Waals surface area (Å²) in [7, 11) is 0. The predicted octanol–water partition coefficient (Wildman–Crippen LogP) is 1.66. The summed E-state index contributed by atoms with van der Waals surface area (Å²) in [5.41, 5.74) is 0.697. The zero-order valence-corrected chi connectivity index (χ0v) is 11.5. The van der Waals surface area contributed by atoms with Gasteiger partial charge in [-0.25, -0.2) is 4.98 Å². The van der Waals surface area contributed by atoms with Gasteiger partial charge in [0.25, 0.3) is 11.4 Å². The molecule has 0 fully saturated rings. The van der Waals surface area contributed by atoms with Gasteiger partial charge in [-0.2, -0.15) is 4.98 Å². The van der Waals surface area contributed by atoms with Crippen LogP contribution in [0.2, 0.25) is 0 Å². The largest absolute Gasteiger partial charge is 0.332 e. The Kier molecular flexibility index (Phi) is 2.68. The summed E-state index contributed by atoms with van der Waals surface area (Å²) in [6.45, 7) is 0.278. The van der Waals surface area contributed by atoms with Gasteiger partial charge in [-0.3, -0.25) is 9.20 Å². The number of hydrogen-bond donors (Lipinski definition) is 0. The highest BCUT2D eigenvalue weighted by atomic mass is 32.1. The van der Waals surface area contributed by atoms with Gasteiger partial charge in [0.05, 0.1) is 12.7 Å². The second-order valence-electron chi connectivity index (χ2n) is 4.41. The molecule has 4 aromatic rings. The Labute approximate surface area is 122 Å². The first-order chi connectivity index (χ1) is 10.3. The van der Waals surface area contributed by atoms with E-state index in [1.165, 1.54) is 10.6 Å². The maximum atomic E-state index is 11.7. The highest BCUT2D eigenvalue weighted by Crippen LogP contribution is 2.24. The van der Waals surface area contributed by atoms with Crippen LogP contribution in [-0.2, 0) is 6.54 Å². The summed E-state index contributed by atoms with van der Waals surface area (Å²) in [6, 6.07) is 4.98. The van der Waals surface area contributed by atoms with Crippen LogP contribution >= 0.6 is 11.3 Å². The average Bonchev–Trinajstić information content (AvgIpc) is 3.17. The third-order valence-electron chi connectivity index (χ3n) is 3.05. The minimum absolute atomic E-state index is 0.101. The van der Waals surface area contributed by atoms with E-state index in [2.05, 4.69) is 15.1 Å². The monoisotopic (exact) mass is 299 g/mol. The lowest BCUT2D eigenvalue weighted by atomic mass is 10.4. The number of thiazole rings is 1. The molecule has 4 rings (SSSR count). The standard InChI is InChI=1S/C13H9N5O2S/c19-11-3-1-2-4-17(11)6-10-15-13(20-16-10)9-7-21-12-5-14-8-18(9)12/h1-5,7-8H,6H2. The van der Waals surface area contributed by atoms with Crippen LogP contribution < -0.4 is 5.56 Å². The minimum atomic E-state index is -0.101. The van der Waals surface area contributed by atoms with E-state index < -0.39 is 0 Å². The fraction of sp³-hybridized carbons (Fsp3) is 0.0769. The molecular weight excluding hydrogens is 290 g/mol. The number of imidazole rings is 1. The van der Waals surface area contributed by atoms with E-state index in [-0.39, 0.29) is 12.1 Å². The van der Waals surface area contributed by atoms with Crippen LogP contribution in [-0.4, -0.2) is 24.1 Å². The molecule has 0 bridgehead atoms. The lowest BCUT2D eigenvalue weighted by molar-refractivity contribution is 0.418. The van der Waals surface area contributed by atoms with Gasteiger partial charge in [-0.1, -0.05) is 11.2 Å². The summed E-state index contributed by atoms with van der Waals surface area (Å²) < 4.78 is 8.69. The van der Waals surface area contributed by atoms with Gasteiger partial charge in [0.2, 0.25) is 0 Å². The first-order valence-corrected chi connectivity index (χ1v) is 7.07. The second-order valence-corrected chi connectivity index (χ2v) is 5.30. The molecule has 0 aliphatic heterocycles. The quantitative estimate of drug-likeness (QED) is 0.575. The van der Waals surface area contributed by atoms with Crippen LogP contribution in [0, 0.1) is 0 Å². The third-order valence-corrected chi connectivity index (χ3v) is 3.94. The molecule has 4 aromatic heterocycles. The van der Waals surface area contributed by atoms with Crippen molar-refractivity contribution in [2.45, 2.75) is 6.54 Å². The molecule has 8 heteroatoms. The fourth-order valence-corrected chi connectivity index (χ4v) is 2.87. The molecule has 7 nitrogen and oxygen atoms in total. The molecule has 4 heterocycles. The molecule has 0 saturated carbocycles. The minimum Gasteiger partial charge on any atom is -0.332 e. The van der Waals surface area contributed by atoms with Crippen molar-refractivity contribution in [1.82, 2.24) is 24.1 Å². The van der Waals surface area contributed by atoms with Crippen molar-refractivity contribution < 1.29 is 4.52 Å². The molecule has 0 unspecified atom stereocenters. The Morgan fingerprint density at radius 3 is 3.19 bits per heavy atom. The molecule has 0 radical (unpaired) electrons. The topological polar surface area (TPSA) is 78.2 Å². The van der Waals surface area contributed by atoms with Crippen molar-refractivity contribution in [3.63, 3.8) is 0 Å². The maximum absolute atomic E-state index is 11.7. The Balaban J connectivity index is 1.69. The molecular formula is C13H9N5O2S. The SMILES string of the molecule is O=c1ccccn1Cc1noc(-c2csc3cncn23)n1. The van der Waals surface area contributed by atoms with E-state index in [0.717, 1.165) is 10.5 Å². The van der Waals surface area contributed by atoms with E-state index in [9.17, 15) is 4.79 Å². The zero-order chi connectivity index (χ0) is 14.2. The molecule has 21 heavy (non-hydrogen) atoms. The maximum Gasteiger partial charge on any atom is 0.275 e. The Bertz CT molecular complexity index is 964. The van der Waals surface area contributed by atoms with E-state index in [1.807, 2.05) is 9.78 Å². The van der Waals surface area contributed by atoms with Gasteiger partial charge in [0.15, 0.2) is 5.82 Å². The van der Waals surface area contributed by atoms with Crippen molar-refractivity contribution in [2.24, 2.45) is 0 Å². The number of hydrogen-bond acceptors (Lipinski definition) is 6. The van der Waals surface area contributed by atoms with Crippen LogP contribution in [0.5, 0.6) is 0 Å². The Morgan fingerprint density at radius 1 is 1.33 bits per heavy atom. The molecule has 0 atom stereocenters. The number of pyridine rings is 1. The predicted molar refractivity (Wildman–Crippen MR) is 76.2 cm³/mol. The van der Waals surface area contributed by atoms with E-state index in [1.54, 1.807) is 42.2 Å². The summed E-state index contributed by atoms with van der Waals surface area (Å²) >= 11 is 1.55. The van der Waals surface area contributed by atoms with Gasteiger partial charge >= 0.3 is 0 Å². The molecule has 104 valence electrons. The molecule has 0 aliphatic carbocycles. The molecule has 0 aliphatic rings. The second kappa shape index (κ2) is 4.67. The summed E-state index contributed by atoms with van der Waals surface area (Å²) in [5.74, 6) is 0.871. The Hall–Kier alpha value is -2.74. The highest BCUT2D eigenvalue weighted by Gasteiger charge is 2.14. The normalized spacial score (nSPS) is 11.2. The molecule has 0 N–H and O–H groups in total. The van der Waals surface area contributed by atoms with Crippen molar-refractivity contribution >= 4 is 16.2 Å². The van der Waals surface area contributed by atoms with Crippen molar-refractivity contribution in [3.05, 3.63) is 58.5 Å². The third kappa shape index (κ3) is 2.05. The lowest BCUT2D eigenvalue weighted by Crippen LogP contribution is -2.18. The summed E-state index contributed by atoms with van der Waals surface area (Å²) in [5, 5.41) is 5.86. The molecule has 0 saturated heterocycles. The number of aromatic nitrogens is 5. The van der Waals surface area contributed by atoms with Crippen LogP contribution in [0.3, 0.4) is 0 Å². The smallest absolute Gasteiger partial charge is 0.275 e. The van der Waals surface area contributed by atoms with Crippen LogP contribution in [0.1, 0.15) is 5.82 Å². The molecule has 0 amide bonds. The van der Waals surface area contributed by atoms with E-state index >= 15 is 0 Å². The van der Waals surface area contributed by atoms with Crippen LogP contribution in [0.25, 0.3) is 16.4 Å². The first-order valence-electron chi connectivity index (χ1n) is 6.19. The van der Waals surface area contributed by atoms with Crippen LogP contribution in [0.4, 0.5) is 0 Å². The molecule has 0 aromatic carbocycles. The summed E-state index contributed by atoms with van der Waals surface area (Å²) in [4.78, 5) is 21.1. The van der Waals surface area contributed by atoms with Gasteiger partial charge in [0.1, 0.15) is 16.9 Å². The van der Waals surface area contributed by atoms with Gasteiger partial charge < -0.3 is 9.09 Å². The number of nitrogens with zero attached hydrogens (tertiary/aromatic N) is 5. The number of fused-ring (bicyclic) bond motifs is 1. The van der Waals surface area contributed by atoms with Gasteiger partial charge in [-0.05, 0) is 6.07 Å². The van der Waals surface area contributed by atoms with E-state index in [4.69, 9.17) is 4.52 Å². The fourth-order valence-electron chi connectivity index (χ4n) is 2.04. The van der Waals surface area contributed by atoms with Crippen molar-refractivity contribution in [3.8, 4) is 11.6 Å². The van der Waals surface area contributed by atoms with Gasteiger partial charge in [-0.15, -0.1) is 11.3 Å². The summed E-state index contributed by atoms with van der Waals surface area (Å²) in [6.07, 6.45) is 5.17. The van der Waals surface area contributed by atoms with Gasteiger partial charge in [0, 0.05) is 17.6 Å². The van der Waals surface area contributed by atoms with Crippen LogP contribution in [0.15, 0.2) is 51.6 Å². The lowest BCUT2D eigenvalue weighted by Gasteiger charge is -1.99. The van der Waals surface area contributed by atoms with E-state index in [0.29, 0.717) is 11.7 Å². The van der Waals surface area contributed by atoms with Crippen molar-refractivity contribution in [2.75, 3.05) is 0 Å².